The predicted octanol–water partition coefficient (Wildman–Crippen LogP) is 1.60. The second-order valence-electron chi connectivity index (χ2n) is 7.21. The van der Waals surface area contributed by atoms with Crippen molar-refractivity contribution >= 4 is 11.7 Å². The average Bonchev–Trinajstić information content (AvgIpc) is 3.06. The molecule has 0 radical (unpaired) electrons. The Morgan fingerprint density at radius 3 is 2.72 bits per heavy atom. The lowest BCUT2D eigenvalue weighted by Crippen LogP contribution is -2.42. The van der Waals surface area contributed by atoms with Gasteiger partial charge in [-0.15, -0.1) is 0 Å². The molecule has 0 aromatic carbocycles. The highest BCUT2D eigenvalue weighted by atomic mass is 16.7. The van der Waals surface area contributed by atoms with E-state index in [1.54, 1.807) is 18.6 Å². The van der Waals surface area contributed by atoms with Gasteiger partial charge in [0.2, 0.25) is 5.91 Å². The van der Waals surface area contributed by atoms with E-state index in [1.807, 2.05) is 6.92 Å². The third kappa shape index (κ3) is 4.89. The molecule has 0 aliphatic carbocycles. The van der Waals surface area contributed by atoms with E-state index < -0.39 is 5.79 Å². The maximum absolute atomic E-state index is 12.4. The Balaban J connectivity index is 1.39. The van der Waals surface area contributed by atoms with Gasteiger partial charge in [0.15, 0.2) is 5.79 Å². The minimum absolute atomic E-state index is 0.0784. The van der Waals surface area contributed by atoms with Crippen LogP contribution in [0.25, 0.3) is 0 Å². The second-order valence-corrected chi connectivity index (χ2v) is 7.21. The summed E-state index contributed by atoms with van der Waals surface area (Å²) in [6.45, 7) is 7.73. The molecule has 1 N–H and O–H groups in total. The Morgan fingerprint density at radius 2 is 2.08 bits per heavy atom. The molecule has 2 saturated heterocycles. The molecule has 2 fully saturated rings. The molecule has 0 unspecified atom stereocenters. The van der Waals surface area contributed by atoms with E-state index in [2.05, 4.69) is 27.1 Å². The second kappa shape index (κ2) is 8.10. The Hall–Kier alpha value is -1.73. The van der Waals surface area contributed by atoms with E-state index in [0.717, 1.165) is 38.2 Å². The molecule has 3 rings (SSSR count). The number of aromatic nitrogens is 2. The molecule has 25 heavy (non-hydrogen) atoms. The summed E-state index contributed by atoms with van der Waals surface area (Å²) >= 11 is 0. The van der Waals surface area contributed by atoms with Crippen molar-refractivity contribution in [2.45, 2.75) is 38.9 Å². The smallest absolute Gasteiger partial charge is 0.223 e. The third-order valence-electron chi connectivity index (χ3n) is 4.98. The maximum Gasteiger partial charge on any atom is 0.223 e. The fourth-order valence-electron chi connectivity index (χ4n) is 3.62. The lowest BCUT2D eigenvalue weighted by atomic mass is 9.95. The fraction of sp³-hybridized carbons (Fsp3) is 0.722. The van der Waals surface area contributed by atoms with Gasteiger partial charge in [0.25, 0.3) is 0 Å². The SMILES string of the molecule is C[C@@H](CNC(=O)C1CCN(c2cnccn2)CC1)CC1(C)OCCO1. The summed E-state index contributed by atoms with van der Waals surface area (Å²) in [7, 11) is 0. The van der Waals surface area contributed by atoms with Crippen LogP contribution < -0.4 is 10.2 Å². The molecule has 1 atom stereocenters. The summed E-state index contributed by atoms with van der Waals surface area (Å²) in [5, 5.41) is 3.10. The van der Waals surface area contributed by atoms with Gasteiger partial charge in [-0.25, -0.2) is 4.98 Å². The Bertz CT molecular complexity index is 555. The summed E-state index contributed by atoms with van der Waals surface area (Å²) in [6.07, 6.45) is 7.64. The van der Waals surface area contributed by atoms with Crippen molar-refractivity contribution in [3.63, 3.8) is 0 Å². The van der Waals surface area contributed by atoms with E-state index in [0.29, 0.717) is 25.7 Å². The van der Waals surface area contributed by atoms with Crippen LogP contribution in [0, 0.1) is 11.8 Å². The molecule has 1 aromatic rings. The first kappa shape index (κ1) is 18.1. The molecule has 138 valence electrons. The Morgan fingerprint density at radius 1 is 1.36 bits per heavy atom. The van der Waals surface area contributed by atoms with Gasteiger partial charge >= 0.3 is 0 Å². The molecule has 3 heterocycles. The minimum Gasteiger partial charge on any atom is -0.356 e. The quantitative estimate of drug-likeness (QED) is 0.841. The van der Waals surface area contributed by atoms with Crippen molar-refractivity contribution in [3.8, 4) is 0 Å². The lowest BCUT2D eigenvalue weighted by Gasteiger charge is -2.32. The third-order valence-corrected chi connectivity index (χ3v) is 4.98. The summed E-state index contributed by atoms with van der Waals surface area (Å²) in [5.74, 6) is 0.942. The minimum atomic E-state index is -0.494. The van der Waals surface area contributed by atoms with Crippen molar-refractivity contribution in [1.29, 1.82) is 0 Å². The van der Waals surface area contributed by atoms with Crippen LogP contribution >= 0.6 is 0 Å². The van der Waals surface area contributed by atoms with Crippen molar-refractivity contribution in [1.82, 2.24) is 15.3 Å². The van der Waals surface area contributed by atoms with Gasteiger partial charge in [0.1, 0.15) is 5.82 Å². The van der Waals surface area contributed by atoms with E-state index >= 15 is 0 Å². The normalized spacial score (nSPS) is 21.9. The molecular weight excluding hydrogens is 320 g/mol. The van der Waals surface area contributed by atoms with E-state index in [4.69, 9.17) is 9.47 Å². The largest absolute Gasteiger partial charge is 0.356 e. The van der Waals surface area contributed by atoms with Crippen molar-refractivity contribution in [3.05, 3.63) is 18.6 Å². The van der Waals surface area contributed by atoms with Crippen LogP contribution in [0.2, 0.25) is 0 Å². The highest BCUT2D eigenvalue weighted by molar-refractivity contribution is 5.78. The first-order valence-corrected chi connectivity index (χ1v) is 9.12. The monoisotopic (exact) mass is 348 g/mol. The van der Waals surface area contributed by atoms with E-state index in [9.17, 15) is 4.79 Å². The standard InChI is InChI=1S/C18H28N4O3/c1-14(11-18(2)24-9-10-25-18)12-21-17(23)15-3-7-22(8-4-15)16-13-19-5-6-20-16/h5-6,13-15H,3-4,7-12H2,1-2H3,(H,21,23)/t14-/m1/s1. The van der Waals surface area contributed by atoms with Crippen LogP contribution in [0.5, 0.6) is 0 Å². The first-order chi connectivity index (χ1) is 12.1. The fourth-order valence-corrected chi connectivity index (χ4v) is 3.62. The molecular formula is C18H28N4O3. The highest BCUT2D eigenvalue weighted by Crippen LogP contribution is 2.26. The number of amides is 1. The average molecular weight is 348 g/mol. The van der Waals surface area contributed by atoms with Crippen LogP contribution in [-0.4, -0.2) is 54.5 Å². The summed E-state index contributed by atoms with van der Waals surface area (Å²) in [4.78, 5) is 23.1. The van der Waals surface area contributed by atoms with Crippen LogP contribution in [-0.2, 0) is 14.3 Å². The number of hydrogen-bond acceptors (Lipinski definition) is 6. The van der Waals surface area contributed by atoms with Crippen LogP contribution in [0.3, 0.4) is 0 Å². The molecule has 0 bridgehead atoms. The zero-order valence-electron chi connectivity index (χ0n) is 15.1. The molecule has 2 aliphatic rings. The predicted molar refractivity (Wildman–Crippen MR) is 94.1 cm³/mol. The molecule has 7 nitrogen and oxygen atoms in total. The Kier molecular flexibility index (Phi) is 5.86. The molecule has 1 aromatic heterocycles. The number of piperidine rings is 1. The summed E-state index contributed by atoms with van der Waals surface area (Å²) in [5.41, 5.74) is 0. The van der Waals surface area contributed by atoms with Gasteiger partial charge in [-0.05, 0) is 25.7 Å². The van der Waals surface area contributed by atoms with Gasteiger partial charge in [0.05, 0.1) is 19.4 Å². The highest BCUT2D eigenvalue weighted by Gasteiger charge is 2.33. The molecule has 7 heteroatoms. The number of nitrogens with one attached hydrogen (secondary N) is 1. The first-order valence-electron chi connectivity index (χ1n) is 9.12. The van der Waals surface area contributed by atoms with Crippen LogP contribution in [0.1, 0.15) is 33.1 Å². The van der Waals surface area contributed by atoms with E-state index in [1.165, 1.54) is 0 Å². The van der Waals surface area contributed by atoms with E-state index in [-0.39, 0.29) is 11.8 Å². The number of anilines is 1. The zero-order valence-corrected chi connectivity index (χ0v) is 15.1. The van der Waals surface area contributed by atoms with Crippen LogP contribution in [0.4, 0.5) is 5.82 Å². The van der Waals surface area contributed by atoms with Crippen molar-refractivity contribution in [2.24, 2.45) is 11.8 Å². The summed E-state index contributed by atoms with van der Waals surface area (Å²) in [6, 6.07) is 0. The van der Waals surface area contributed by atoms with Gasteiger partial charge in [-0.3, -0.25) is 9.78 Å². The molecule has 1 amide bonds. The zero-order chi connectivity index (χ0) is 17.7. The van der Waals surface area contributed by atoms with Gasteiger partial charge in [0, 0.05) is 44.4 Å². The van der Waals surface area contributed by atoms with Crippen molar-refractivity contribution in [2.75, 3.05) is 37.7 Å². The Labute approximate surface area is 149 Å². The van der Waals surface area contributed by atoms with Crippen LogP contribution in [0.15, 0.2) is 18.6 Å². The number of carbonyl (C=O) groups excluding carboxylic acids is 1. The number of nitrogens with zero attached hydrogens (tertiary/aromatic N) is 3. The number of carbonyl (C=O) groups is 1. The molecule has 0 saturated carbocycles. The molecule has 0 spiro atoms. The van der Waals surface area contributed by atoms with Gasteiger partial charge in [-0.1, -0.05) is 6.92 Å². The van der Waals surface area contributed by atoms with Gasteiger partial charge < -0.3 is 19.7 Å². The lowest BCUT2D eigenvalue weighted by molar-refractivity contribution is -0.154. The molecule has 2 aliphatic heterocycles. The number of hydrogen-bond donors (Lipinski definition) is 1. The summed E-state index contributed by atoms with van der Waals surface area (Å²) < 4.78 is 11.3. The topological polar surface area (TPSA) is 76.6 Å². The van der Waals surface area contributed by atoms with Gasteiger partial charge in [-0.2, -0.15) is 0 Å². The maximum atomic E-state index is 12.4. The number of ether oxygens (including phenoxy) is 2. The van der Waals surface area contributed by atoms with Crippen molar-refractivity contribution < 1.29 is 14.3 Å². The number of rotatable bonds is 6.